The molecule has 0 aliphatic rings. The molecule has 0 fully saturated rings. The summed E-state index contributed by atoms with van der Waals surface area (Å²) >= 11 is 0. The molecular weight excluding hydrogens is 306 g/mol. The van der Waals surface area contributed by atoms with Gasteiger partial charge in [0.2, 0.25) is 0 Å². The number of hydrogen-bond acceptors (Lipinski definition) is 4. The summed E-state index contributed by atoms with van der Waals surface area (Å²) in [6.07, 6.45) is 1.81. The van der Waals surface area contributed by atoms with Gasteiger partial charge in [0.25, 0.3) is 5.91 Å². The Morgan fingerprint density at radius 1 is 1.21 bits per heavy atom. The maximum atomic E-state index is 12.3. The maximum absolute atomic E-state index is 12.3. The maximum Gasteiger partial charge on any atom is 0.272 e. The van der Waals surface area contributed by atoms with E-state index in [0.29, 0.717) is 30.3 Å². The number of benzene rings is 1. The highest BCUT2D eigenvalue weighted by atomic mass is 16.5. The predicted octanol–water partition coefficient (Wildman–Crippen LogP) is 2.67. The van der Waals surface area contributed by atoms with E-state index < -0.39 is 0 Å². The van der Waals surface area contributed by atoms with E-state index in [2.05, 4.69) is 10.4 Å². The standard InChI is InChI=1S/C18H19N3O3/c1-3-24-17-10-13(7-8-16(17)23-2)12-19-18(22)15-11-14-6-4-5-9-21(14)20-15/h4-11H,3,12H2,1-2H3,(H,19,22). The monoisotopic (exact) mass is 325 g/mol. The average molecular weight is 325 g/mol. The number of rotatable bonds is 6. The molecule has 0 spiro atoms. The van der Waals surface area contributed by atoms with Gasteiger partial charge >= 0.3 is 0 Å². The first-order chi connectivity index (χ1) is 11.7. The van der Waals surface area contributed by atoms with Gasteiger partial charge in [0.15, 0.2) is 17.2 Å². The topological polar surface area (TPSA) is 64.9 Å². The first-order valence-electron chi connectivity index (χ1n) is 7.73. The Kier molecular flexibility index (Phi) is 4.65. The highest BCUT2D eigenvalue weighted by molar-refractivity contribution is 5.93. The SMILES string of the molecule is CCOc1cc(CNC(=O)c2cc3ccccn3n2)ccc1OC. The van der Waals surface area contributed by atoms with Crippen molar-refractivity contribution >= 4 is 11.4 Å². The van der Waals surface area contributed by atoms with Crippen LogP contribution >= 0.6 is 0 Å². The van der Waals surface area contributed by atoms with Gasteiger partial charge in [-0.25, -0.2) is 4.52 Å². The number of hydrogen-bond donors (Lipinski definition) is 1. The summed E-state index contributed by atoms with van der Waals surface area (Å²) in [6, 6.07) is 13.0. The fourth-order valence-corrected chi connectivity index (χ4v) is 2.42. The molecule has 1 aromatic carbocycles. The van der Waals surface area contributed by atoms with Gasteiger partial charge in [0.1, 0.15) is 0 Å². The molecular formula is C18H19N3O3. The molecule has 0 atom stereocenters. The minimum absolute atomic E-state index is 0.215. The Hall–Kier alpha value is -3.02. The average Bonchev–Trinajstić information content (AvgIpc) is 3.04. The molecule has 0 bridgehead atoms. The number of methoxy groups -OCH3 is 1. The van der Waals surface area contributed by atoms with Crippen LogP contribution in [0.15, 0.2) is 48.7 Å². The molecule has 1 amide bonds. The van der Waals surface area contributed by atoms with Crippen molar-refractivity contribution in [2.45, 2.75) is 13.5 Å². The molecule has 0 radical (unpaired) electrons. The summed E-state index contributed by atoms with van der Waals surface area (Å²) in [5.74, 6) is 1.12. The summed E-state index contributed by atoms with van der Waals surface area (Å²) in [5.41, 5.74) is 2.20. The molecule has 3 aromatic rings. The van der Waals surface area contributed by atoms with Crippen molar-refractivity contribution in [3.05, 3.63) is 59.9 Å². The summed E-state index contributed by atoms with van der Waals surface area (Å²) in [4.78, 5) is 12.3. The molecule has 124 valence electrons. The highest BCUT2D eigenvalue weighted by Gasteiger charge is 2.11. The number of aromatic nitrogens is 2. The van der Waals surface area contributed by atoms with E-state index in [-0.39, 0.29) is 5.91 Å². The lowest BCUT2D eigenvalue weighted by Gasteiger charge is -2.11. The number of ether oxygens (including phenoxy) is 2. The highest BCUT2D eigenvalue weighted by Crippen LogP contribution is 2.28. The van der Waals surface area contributed by atoms with Crippen LogP contribution in [-0.2, 0) is 6.54 Å². The molecule has 0 saturated carbocycles. The van der Waals surface area contributed by atoms with Crippen LogP contribution in [0.1, 0.15) is 23.0 Å². The zero-order valence-electron chi connectivity index (χ0n) is 13.7. The van der Waals surface area contributed by atoms with Crippen molar-refractivity contribution in [2.75, 3.05) is 13.7 Å². The lowest BCUT2D eigenvalue weighted by Crippen LogP contribution is -2.23. The van der Waals surface area contributed by atoms with Crippen molar-refractivity contribution in [3.8, 4) is 11.5 Å². The third kappa shape index (κ3) is 3.32. The number of carbonyl (C=O) groups excluding carboxylic acids is 1. The van der Waals surface area contributed by atoms with Crippen LogP contribution in [0, 0.1) is 0 Å². The number of pyridine rings is 1. The second-order valence-electron chi connectivity index (χ2n) is 5.20. The number of nitrogens with zero attached hydrogens (tertiary/aromatic N) is 2. The Balaban J connectivity index is 1.70. The van der Waals surface area contributed by atoms with Crippen molar-refractivity contribution < 1.29 is 14.3 Å². The van der Waals surface area contributed by atoms with Crippen LogP contribution in [0.3, 0.4) is 0 Å². The van der Waals surface area contributed by atoms with E-state index in [1.807, 2.05) is 49.5 Å². The minimum atomic E-state index is -0.215. The van der Waals surface area contributed by atoms with Crippen LogP contribution in [-0.4, -0.2) is 29.2 Å². The van der Waals surface area contributed by atoms with Gasteiger partial charge in [-0.15, -0.1) is 0 Å². The Morgan fingerprint density at radius 2 is 2.08 bits per heavy atom. The molecule has 2 aromatic heterocycles. The Bertz CT molecular complexity index is 825. The molecule has 0 saturated heterocycles. The Labute approximate surface area is 140 Å². The molecule has 1 N–H and O–H groups in total. The predicted molar refractivity (Wildman–Crippen MR) is 90.5 cm³/mol. The van der Waals surface area contributed by atoms with Crippen molar-refractivity contribution in [1.82, 2.24) is 14.9 Å². The largest absolute Gasteiger partial charge is 0.493 e. The first kappa shape index (κ1) is 15.9. The molecule has 0 aliphatic heterocycles. The zero-order valence-corrected chi connectivity index (χ0v) is 13.7. The molecule has 2 heterocycles. The van der Waals surface area contributed by atoms with Crippen molar-refractivity contribution in [3.63, 3.8) is 0 Å². The second kappa shape index (κ2) is 7.04. The second-order valence-corrected chi connectivity index (χ2v) is 5.20. The van der Waals surface area contributed by atoms with E-state index in [9.17, 15) is 4.79 Å². The van der Waals surface area contributed by atoms with Crippen molar-refractivity contribution in [1.29, 1.82) is 0 Å². The third-order valence-electron chi connectivity index (χ3n) is 3.58. The van der Waals surface area contributed by atoms with E-state index in [1.54, 1.807) is 17.7 Å². The van der Waals surface area contributed by atoms with Crippen LogP contribution in [0.2, 0.25) is 0 Å². The van der Waals surface area contributed by atoms with Gasteiger partial charge in [-0.05, 0) is 42.8 Å². The normalized spacial score (nSPS) is 10.6. The summed E-state index contributed by atoms with van der Waals surface area (Å²) in [5, 5.41) is 7.13. The van der Waals surface area contributed by atoms with Gasteiger partial charge in [-0.2, -0.15) is 5.10 Å². The minimum Gasteiger partial charge on any atom is -0.493 e. The molecule has 6 nitrogen and oxygen atoms in total. The van der Waals surface area contributed by atoms with Gasteiger partial charge in [0, 0.05) is 12.7 Å². The fraction of sp³-hybridized carbons (Fsp3) is 0.222. The first-order valence-corrected chi connectivity index (χ1v) is 7.73. The van der Waals surface area contributed by atoms with Gasteiger partial charge in [-0.1, -0.05) is 12.1 Å². The smallest absolute Gasteiger partial charge is 0.272 e. The lowest BCUT2D eigenvalue weighted by molar-refractivity contribution is 0.0945. The number of nitrogens with one attached hydrogen (secondary N) is 1. The quantitative estimate of drug-likeness (QED) is 0.757. The lowest BCUT2D eigenvalue weighted by atomic mass is 10.2. The van der Waals surface area contributed by atoms with Gasteiger partial charge in [0.05, 0.1) is 19.2 Å². The van der Waals surface area contributed by atoms with Gasteiger partial charge < -0.3 is 14.8 Å². The number of fused-ring (bicyclic) bond motifs is 1. The molecule has 6 heteroatoms. The van der Waals surface area contributed by atoms with E-state index in [0.717, 1.165) is 11.1 Å². The summed E-state index contributed by atoms with van der Waals surface area (Å²) in [6.45, 7) is 2.85. The van der Waals surface area contributed by atoms with Crippen LogP contribution in [0.4, 0.5) is 0 Å². The van der Waals surface area contributed by atoms with Crippen LogP contribution in [0.5, 0.6) is 11.5 Å². The fourth-order valence-electron chi connectivity index (χ4n) is 2.42. The molecule has 3 rings (SSSR count). The molecule has 0 aliphatic carbocycles. The molecule has 24 heavy (non-hydrogen) atoms. The summed E-state index contributed by atoms with van der Waals surface area (Å²) < 4.78 is 12.5. The van der Waals surface area contributed by atoms with Crippen LogP contribution < -0.4 is 14.8 Å². The molecule has 0 unspecified atom stereocenters. The van der Waals surface area contributed by atoms with Crippen molar-refractivity contribution in [2.24, 2.45) is 0 Å². The summed E-state index contributed by atoms with van der Waals surface area (Å²) in [7, 11) is 1.60. The van der Waals surface area contributed by atoms with E-state index in [1.165, 1.54) is 0 Å². The van der Waals surface area contributed by atoms with E-state index in [4.69, 9.17) is 9.47 Å². The third-order valence-corrected chi connectivity index (χ3v) is 3.58. The number of amides is 1. The van der Waals surface area contributed by atoms with E-state index >= 15 is 0 Å². The zero-order chi connectivity index (χ0) is 16.9. The van der Waals surface area contributed by atoms with Crippen LogP contribution in [0.25, 0.3) is 5.52 Å². The Morgan fingerprint density at radius 3 is 2.83 bits per heavy atom. The number of carbonyl (C=O) groups is 1. The van der Waals surface area contributed by atoms with Gasteiger partial charge in [-0.3, -0.25) is 4.79 Å².